The average molecular weight is 283 g/mol. The van der Waals surface area contributed by atoms with Gasteiger partial charge in [0.1, 0.15) is 0 Å². The standard InChI is InChI=1S/C13H15ClN2O3/c1-4-8-9(5-6-10(15-3)11(8)14)16-12(7(2)17)13(18)19/h5-7,12,16-17H,4H2,1-2H3,(H,18,19)/t7-,12+/m0/s1. The molecule has 6 heteroatoms. The largest absolute Gasteiger partial charge is 0.480 e. The average Bonchev–Trinajstić information content (AvgIpc) is 2.35. The van der Waals surface area contributed by atoms with Gasteiger partial charge in [0.2, 0.25) is 5.69 Å². The second-order valence-corrected chi connectivity index (χ2v) is 4.47. The van der Waals surface area contributed by atoms with Crippen LogP contribution in [-0.2, 0) is 11.2 Å². The molecule has 0 heterocycles. The van der Waals surface area contributed by atoms with E-state index >= 15 is 0 Å². The Morgan fingerprint density at radius 3 is 2.63 bits per heavy atom. The maximum Gasteiger partial charge on any atom is 0.328 e. The minimum Gasteiger partial charge on any atom is -0.480 e. The zero-order valence-electron chi connectivity index (χ0n) is 10.6. The number of aliphatic carboxylic acids is 1. The van der Waals surface area contributed by atoms with Crippen LogP contribution in [-0.4, -0.2) is 28.3 Å². The van der Waals surface area contributed by atoms with E-state index in [0.29, 0.717) is 28.4 Å². The van der Waals surface area contributed by atoms with Gasteiger partial charge in [0.15, 0.2) is 6.04 Å². The summed E-state index contributed by atoms with van der Waals surface area (Å²) >= 11 is 6.09. The minimum atomic E-state index is -1.15. The number of rotatable bonds is 5. The van der Waals surface area contributed by atoms with Crippen molar-refractivity contribution < 1.29 is 15.0 Å². The lowest BCUT2D eigenvalue weighted by molar-refractivity contribution is -0.140. The topological polar surface area (TPSA) is 73.9 Å². The molecule has 19 heavy (non-hydrogen) atoms. The second kappa shape index (κ2) is 6.41. The number of aliphatic hydroxyl groups is 1. The second-order valence-electron chi connectivity index (χ2n) is 4.09. The zero-order chi connectivity index (χ0) is 14.6. The number of hydrogen-bond acceptors (Lipinski definition) is 3. The van der Waals surface area contributed by atoms with Crippen LogP contribution in [0.4, 0.5) is 11.4 Å². The molecule has 102 valence electrons. The number of benzene rings is 1. The molecule has 2 atom stereocenters. The normalized spacial score (nSPS) is 13.4. The number of nitrogens with zero attached hydrogens (tertiary/aromatic N) is 1. The first-order valence-electron chi connectivity index (χ1n) is 5.78. The Morgan fingerprint density at radius 1 is 1.58 bits per heavy atom. The molecule has 0 saturated carbocycles. The van der Waals surface area contributed by atoms with Gasteiger partial charge in [0.05, 0.1) is 17.7 Å². The number of carbonyl (C=O) groups is 1. The molecule has 1 rings (SSSR count). The van der Waals surface area contributed by atoms with Gasteiger partial charge >= 0.3 is 5.97 Å². The number of carboxylic acids is 1. The summed E-state index contributed by atoms with van der Waals surface area (Å²) in [5, 5.41) is 21.6. The molecule has 0 aliphatic rings. The quantitative estimate of drug-likeness (QED) is 0.726. The Balaban J connectivity index is 3.18. The lowest BCUT2D eigenvalue weighted by atomic mass is 10.1. The Labute approximate surface area is 116 Å². The van der Waals surface area contributed by atoms with Crippen molar-refractivity contribution in [2.75, 3.05) is 5.32 Å². The van der Waals surface area contributed by atoms with Gasteiger partial charge in [-0.05, 0) is 25.0 Å². The third kappa shape index (κ3) is 3.37. The number of carboxylic acid groups (broad SMARTS) is 1. The summed E-state index contributed by atoms with van der Waals surface area (Å²) in [6.45, 7) is 10.2. The molecule has 0 aliphatic heterocycles. The highest BCUT2D eigenvalue weighted by molar-refractivity contribution is 6.34. The summed E-state index contributed by atoms with van der Waals surface area (Å²) in [5.74, 6) is -1.15. The highest BCUT2D eigenvalue weighted by atomic mass is 35.5. The van der Waals surface area contributed by atoms with Gasteiger partial charge in [-0.1, -0.05) is 24.6 Å². The summed E-state index contributed by atoms with van der Waals surface area (Å²) in [6, 6.07) is 2.01. The maximum absolute atomic E-state index is 11.0. The number of anilines is 1. The summed E-state index contributed by atoms with van der Waals surface area (Å²) in [4.78, 5) is 14.3. The smallest absolute Gasteiger partial charge is 0.328 e. The third-order valence-electron chi connectivity index (χ3n) is 2.76. The monoisotopic (exact) mass is 282 g/mol. The van der Waals surface area contributed by atoms with E-state index in [2.05, 4.69) is 10.2 Å². The molecule has 1 aromatic carbocycles. The molecule has 3 N–H and O–H groups in total. The van der Waals surface area contributed by atoms with Crippen molar-refractivity contribution in [2.24, 2.45) is 0 Å². The lowest BCUT2D eigenvalue weighted by Crippen LogP contribution is -2.39. The molecule has 0 unspecified atom stereocenters. The van der Waals surface area contributed by atoms with Crippen molar-refractivity contribution in [1.82, 2.24) is 0 Å². The molecule has 0 amide bonds. The third-order valence-corrected chi connectivity index (χ3v) is 3.18. The van der Waals surface area contributed by atoms with Gasteiger partial charge in [-0.2, -0.15) is 0 Å². The molecule has 0 radical (unpaired) electrons. The van der Waals surface area contributed by atoms with Crippen LogP contribution < -0.4 is 5.32 Å². The Kier molecular flexibility index (Phi) is 5.16. The minimum absolute atomic E-state index is 0.317. The van der Waals surface area contributed by atoms with E-state index in [9.17, 15) is 9.90 Å². The van der Waals surface area contributed by atoms with Crippen molar-refractivity contribution >= 4 is 28.9 Å². The summed E-state index contributed by atoms with van der Waals surface area (Å²) in [7, 11) is 0. The fourth-order valence-electron chi connectivity index (χ4n) is 1.73. The van der Waals surface area contributed by atoms with Crippen LogP contribution in [0.3, 0.4) is 0 Å². The van der Waals surface area contributed by atoms with E-state index in [0.717, 1.165) is 0 Å². The van der Waals surface area contributed by atoms with E-state index in [-0.39, 0.29) is 0 Å². The van der Waals surface area contributed by atoms with Gasteiger partial charge < -0.3 is 15.5 Å². The number of nitrogens with one attached hydrogen (secondary N) is 1. The van der Waals surface area contributed by atoms with E-state index in [1.165, 1.54) is 13.0 Å². The first-order valence-corrected chi connectivity index (χ1v) is 6.16. The molecule has 5 nitrogen and oxygen atoms in total. The number of halogens is 1. The van der Waals surface area contributed by atoms with E-state index in [1.54, 1.807) is 6.07 Å². The molecular formula is C13H15ClN2O3. The predicted molar refractivity (Wildman–Crippen MR) is 73.8 cm³/mol. The Morgan fingerprint density at radius 2 is 2.21 bits per heavy atom. The van der Waals surface area contributed by atoms with E-state index in [1.807, 2.05) is 6.92 Å². The highest BCUT2D eigenvalue weighted by Gasteiger charge is 2.24. The molecule has 0 aliphatic carbocycles. The van der Waals surface area contributed by atoms with Gasteiger partial charge in [0, 0.05) is 5.69 Å². The fraction of sp³-hybridized carbons (Fsp3) is 0.385. The van der Waals surface area contributed by atoms with Crippen molar-refractivity contribution in [1.29, 1.82) is 0 Å². The van der Waals surface area contributed by atoms with Crippen molar-refractivity contribution in [3.05, 3.63) is 34.1 Å². The maximum atomic E-state index is 11.0. The van der Waals surface area contributed by atoms with Crippen LogP contribution in [0.2, 0.25) is 5.02 Å². The number of aliphatic hydroxyl groups excluding tert-OH is 1. The van der Waals surface area contributed by atoms with Gasteiger partial charge in [-0.3, -0.25) is 0 Å². The van der Waals surface area contributed by atoms with E-state index < -0.39 is 18.1 Å². The zero-order valence-corrected chi connectivity index (χ0v) is 11.4. The first-order chi connectivity index (χ1) is 8.92. The summed E-state index contributed by atoms with van der Waals surface area (Å²) < 4.78 is 0. The predicted octanol–water partition coefficient (Wildman–Crippen LogP) is 2.70. The Hall–Kier alpha value is -1.77. The first kappa shape index (κ1) is 15.3. The van der Waals surface area contributed by atoms with Crippen LogP contribution in [0.1, 0.15) is 19.4 Å². The lowest BCUT2D eigenvalue weighted by Gasteiger charge is -2.21. The van der Waals surface area contributed by atoms with Crippen LogP contribution >= 0.6 is 11.6 Å². The summed E-state index contributed by atoms with van der Waals surface area (Å²) in [5.41, 5.74) is 1.52. The molecular weight excluding hydrogens is 268 g/mol. The molecule has 0 aromatic heterocycles. The van der Waals surface area contributed by atoms with Crippen LogP contribution in [0, 0.1) is 6.57 Å². The molecule has 0 saturated heterocycles. The Bertz CT molecular complexity index is 523. The summed E-state index contributed by atoms with van der Waals surface area (Å²) in [6.07, 6.45) is -0.502. The highest BCUT2D eigenvalue weighted by Crippen LogP contribution is 2.34. The van der Waals surface area contributed by atoms with Crippen LogP contribution in [0.25, 0.3) is 4.85 Å². The molecule has 0 bridgehead atoms. The van der Waals surface area contributed by atoms with Gasteiger partial charge in [-0.15, -0.1) is 0 Å². The van der Waals surface area contributed by atoms with Crippen molar-refractivity contribution in [3.8, 4) is 0 Å². The fourth-order valence-corrected chi connectivity index (χ4v) is 2.07. The van der Waals surface area contributed by atoms with Gasteiger partial charge in [-0.25, -0.2) is 9.64 Å². The van der Waals surface area contributed by atoms with Crippen LogP contribution in [0.15, 0.2) is 12.1 Å². The van der Waals surface area contributed by atoms with Crippen LogP contribution in [0.5, 0.6) is 0 Å². The van der Waals surface area contributed by atoms with Crippen molar-refractivity contribution in [2.45, 2.75) is 32.4 Å². The molecule has 0 fully saturated rings. The SMILES string of the molecule is [C-]#[N+]c1ccc(N[C@@H](C(=O)O)[C@H](C)O)c(CC)c1Cl. The van der Waals surface area contributed by atoms with Crippen molar-refractivity contribution in [3.63, 3.8) is 0 Å². The molecule has 1 aromatic rings. The van der Waals surface area contributed by atoms with Gasteiger partial charge in [0.25, 0.3) is 0 Å². The van der Waals surface area contributed by atoms with E-state index in [4.69, 9.17) is 23.3 Å². The molecule has 0 spiro atoms. The number of hydrogen-bond donors (Lipinski definition) is 3.